The van der Waals surface area contributed by atoms with Crippen LogP contribution in [-0.4, -0.2) is 16.0 Å². The van der Waals surface area contributed by atoms with E-state index in [2.05, 4.69) is 27.7 Å². The van der Waals surface area contributed by atoms with Crippen LogP contribution in [0.2, 0.25) is 0 Å². The highest BCUT2D eigenvalue weighted by Crippen LogP contribution is 2.68. The van der Waals surface area contributed by atoms with Crippen molar-refractivity contribution in [1.29, 1.82) is 0 Å². The fourth-order valence-electron chi connectivity index (χ4n) is 6.77. The predicted octanol–water partition coefficient (Wildman–Crippen LogP) is 5.70. The number of phenols is 2. The molecule has 0 spiro atoms. The number of aromatic hydroxyl groups is 2. The molecule has 3 aliphatic rings. The first-order valence-corrected chi connectivity index (χ1v) is 10.4. The number of thioether (sulfide) groups is 1. The number of hydrogen-bond acceptors (Lipinski definition) is 3. The van der Waals surface area contributed by atoms with E-state index in [-0.39, 0.29) is 11.2 Å². The summed E-state index contributed by atoms with van der Waals surface area (Å²) in [6.07, 6.45) is 6.38. The molecule has 0 bridgehead atoms. The molecule has 132 valence electrons. The molecule has 2 saturated carbocycles. The third-order valence-electron chi connectivity index (χ3n) is 7.84. The normalized spacial score (nSPS) is 40.3. The molecule has 24 heavy (non-hydrogen) atoms. The van der Waals surface area contributed by atoms with Gasteiger partial charge in [-0.05, 0) is 54.4 Å². The average Bonchev–Trinajstić information content (AvgIpc) is 2.44. The molecule has 1 heterocycles. The third kappa shape index (κ3) is 2.09. The Kier molecular flexibility index (Phi) is 3.53. The van der Waals surface area contributed by atoms with Crippen molar-refractivity contribution in [3.63, 3.8) is 0 Å². The molecule has 0 saturated heterocycles. The van der Waals surface area contributed by atoms with E-state index < -0.39 is 0 Å². The van der Waals surface area contributed by atoms with Crippen LogP contribution in [0.4, 0.5) is 0 Å². The molecule has 1 aromatic rings. The van der Waals surface area contributed by atoms with Crippen LogP contribution in [0.15, 0.2) is 17.0 Å². The standard InChI is InChI=1S/C21H30O2S/c1-19(2)7-5-8-20(3)16(19)6-9-21(4)17(20)12-24-15-11-13(22)10-14(23)18(15)21/h10-11,16-17,22-23H,5-9,12H2,1-4H3/t16-,17?,20-,21+/m0/s1. The van der Waals surface area contributed by atoms with E-state index in [1.54, 1.807) is 0 Å². The second-order valence-electron chi connectivity index (χ2n) is 9.56. The highest BCUT2D eigenvalue weighted by atomic mass is 32.2. The van der Waals surface area contributed by atoms with Gasteiger partial charge in [0.1, 0.15) is 11.5 Å². The first-order chi connectivity index (χ1) is 11.2. The zero-order valence-electron chi connectivity index (χ0n) is 15.4. The number of hydrogen-bond donors (Lipinski definition) is 2. The zero-order chi connectivity index (χ0) is 17.3. The summed E-state index contributed by atoms with van der Waals surface area (Å²) >= 11 is 1.84. The van der Waals surface area contributed by atoms with Gasteiger partial charge < -0.3 is 10.2 Å². The number of rotatable bonds is 0. The molecule has 2 aliphatic carbocycles. The van der Waals surface area contributed by atoms with Crippen LogP contribution in [-0.2, 0) is 5.41 Å². The Labute approximate surface area is 150 Å². The third-order valence-corrected chi connectivity index (χ3v) is 8.97. The Morgan fingerprint density at radius 2 is 1.75 bits per heavy atom. The minimum atomic E-state index is 0.0248. The molecular formula is C21H30O2S. The Hall–Kier alpha value is -0.830. The fourth-order valence-corrected chi connectivity index (χ4v) is 8.55. The van der Waals surface area contributed by atoms with E-state index in [1.165, 1.54) is 31.7 Å². The Bertz CT molecular complexity index is 683. The van der Waals surface area contributed by atoms with Crippen LogP contribution in [0.5, 0.6) is 11.5 Å². The largest absolute Gasteiger partial charge is 0.508 e. The van der Waals surface area contributed by atoms with Crippen LogP contribution in [0.3, 0.4) is 0 Å². The van der Waals surface area contributed by atoms with Crippen molar-refractivity contribution < 1.29 is 10.2 Å². The van der Waals surface area contributed by atoms with Crippen molar-refractivity contribution in [2.24, 2.45) is 22.7 Å². The summed E-state index contributed by atoms with van der Waals surface area (Å²) in [7, 11) is 0. The maximum atomic E-state index is 10.7. The van der Waals surface area contributed by atoms with E-state index in [9.17, 15) is 10.2 Å². The maximum absolute atomic E-state index is 10.7. The molecule has 1 unspecified atom stereocenters. The molecular weight excluding hydrogens is 316 g/mol. The summed E-state index contributed by atoms with van der Waals surface area (Å²) in [6.45, 7) is 9.84. The second-order valence-corrected chi connectivity index (χ2v) is 10.6. The molecule has 2 N–H and O–H groups in total. The van der Waals surface area contributed by atoms with Gasteiger partial charge in [0, 0.05) is 27.7 Å². The molecule has 0 radical (unpaired) electrons. The topological polar surface area (TPSA) is 40.5 Å². The van der Waals surface area contributed by atoms with Crippen LogP contribution in [0.1, 0.15) is 65.4 Å². The summed E-state index contributed by atoms with van der Waals surface area (Å²) in [6, 6.07) is 3.38. The van der Waals surface area contributed by atoms with Gasteiger partial charge in [0.2, 0.25) is 0 Å². The molecule has 4 atom stereocenters. The summed E-state index contributed by atoms with van der Waals surface area (Å²) in [5.74, 6) is 2.95. The lowest BCUT2D eigenvalue weighted by atomic mass is 9.43. The molecule has 2 nitrogen and oxygen atoms in total. The molecule has 0 aromatic heterocycles. The smallest absolute Gasteiger partial charge is 0.124 e. The average molecular weight is 347 g/mol. The van der Waals surface area contributed by atoms with Crippen LogP contribution in [0, 0.1) is 22.7 Å². The first kappa shape index (κ1) is 16.6. The van der Waals surface area contributed by atoms with Gasteiger partial charge >= 0.3 is 0 Å². The summed E-state index contributed by atoms with van der Waals surface area (Å²) in [5, 5.41) is 20.5. The van der Waals surface area contributed by atoms with E-state index in [0.717, 1.165) is 28.6 Å². The van der Waals surface area contributed by atoms with Gasteiger partial charge in [-0.2, -0.15) is 0 Å². The van der Waals surface area contributed by atoms with Gasteiger partial charge in [0.15, 0.2) is 0 Å². The van der Waals surface area contributed by atoms with Crippen molar-refractivity contribution in [3.8, 4) is 11.5 Å². The number of phenolic OH excluding ortho intramolecular Hbond substituents is 2. The van der Waals surface area contributed by atoms with Crippen molar-refractivity contribution in [2.75, 3.05) is 5.75 Å². The van der Waals surface area contributed by atoms with Crippen LogP contribution in [0.25, 0.3) is 0 Å². The van der Waals surface area contributed by atoms with Crippen molar-refractivity contribution in [2.45, 2.75) is 70.1 Å². The van der Waals surface area contributed by atoms with Gasteiger partial charge in [0.25, 0.3) is 0 Å². The summed E-state index contributed by atoms with van der Waals surface area (Å²) < 4.78 is 0. The maximum Gasteiger partial charge on any atom is 0.124 e. The van der Waals surface area contributed by atoms with E-state index >= 15 is 0 Å². The molecule has 3 heteroatoms. The van der Waals surface area contributed by atoms with Gasteiger partial charge in [-0.3, -0.25) is 0 Å². The molecule has 2 fully saturated rings. The van der Waals surface area contributed by atoms with Crippen LogP contribution < -0.4 is 0 Å². The summed E-state index contributed by atoms with van der Waals surface area (Å²) in [5.41, 5.74) is 1.90. The van der Waals surface area contributed by atoms with E-state index in [1.807, 2.05) is 17.8 Å². The van der Waals surface area contributed by atoms with Gasteiger partial charge in [-0.25, -0.2) is 0 Å². The predicted molar refractivity (Wildman–Crippen MR) is 99.8 cm³/mol. The van der Waals surface area contributed by atoms with Gasteiger partial charge in [0.05, 0.1) is 0 Å². The minimum Gasteiger partial charge on any atom is -0.508 e. The molecule has 4 rings (SSSR count). The van der Waals surface area contributed by atoms with Crippen molar-refractivity contribution >= 4 is 11.8 Å². The highest BCUT2D eigenvalue weighted by Gasteiger charge is 2.60. The van der Waals surface area contributed by atoms with Gasteiger partial charge in [-0.1, -0.05) is 34.1 Å². The Morgan fingerprint density at radius 1 is 1.00 bits per heavy atom. The second kappa shape index (κ2) is 5.09. The molecule has 1 aliphatic heterocycles. The monoisotopic (exact) mass is 346 g/mol. The lowest BCUT2D eigenvalue weighted by molar-refractivity contribution is -0.0976. The SMILES string of the molecule is CC1(C)CCC[C@]2(C)C3CSc4cc(O)cc(O)c4[C@]3(C)CC[C@@H]12. The lowest BCUT2D eigenvalue weighted by Crippen LogP contribution is -2.58. The fraction of sp³-hybridized carbons (Fsp3) is 0.714. The molecule has 1 aromatic carbocycles. The van der Waals surface area contributed by atoms with Gasteiger partial charge in [-0.15, -0.1) is 11.8 Å². The quantitative estimate of drug-likeness (QED) is 0.632. The lowest BCUT2D eigenvalue weighted by Gasteiger charge is -2.64. The van der Waals surface area contributed by atoms with Crippen molar-refractivity contribution in [1.82, 2.24) is 0 Å². The van der Waals surface area contributed by atoms with E-state index in [4.69, 9.17) is 0 Å². The van der Waals surface area contributed by atoms with E-state index in [0.29, 0.717) is 22.5 Å². The molecule has 0 amide bonds. The summed E-state index contributed by atoms with van der Waals surface area (Å²) in [4.78, 5) is 1.09. The highest BCUT2D eigenvalue weighted by molar-refractivity contribution is 7.99. The first-order valence-electron chi connectivity index (χ1n) is 9.38. The van der Waals surface area contributed by atoms with Crippen molar-refractivity contribution in [3.05, 3.63) is 17.7 Å². The number of fused-ring (bicyclic) bond motifs is 5. The Balaban J connectivity index is 1.84. The zero-order valence-corrected chi connectivity index (χ0v) is 16.2. The Morgan fingerprint density at radius 3 is 2.50 bits per heavy atom. The van der Waals surface area contributed by atoms with Crippen LogP contribution >= 0.6 is 11.8 Å². The number of benzene rings is 1. The minimum absolute atomic E-state index is 0.0248.